The Balaban J connectivity index is 1.31. The summed E-state index contributed by atoms with van der Waals surface area (Å²) in [5.41, 5.74) is 1.80. The standard InChI is InChI=1S/C21H19N3O2/c25-20(24-17-6-3-9-22-12-17)13-23-21(26)19-11-18(19)16-8-7-14-4-1-2-5-15(14)10-16/h1-10,12,18-19H,11,13H2,(H,23,26)(H,24,25). The molecule has 2 aromatic carbocycles. The van der Waals surface area contributed by atoms with Crippen LogP contribution in [0.4, 0.5) is 5.69 Å². The molecule has 1 aliphatic carbocycles. The molecule has 1 aromatic heterocycles. The number of rotatable bonds is 5. The molecule has 1 aliphatic rings. The number of nitrogens with one attached hydrogen (secondary N) is 2. The molecule has 26 heavy (non-hydrogen) atoms. The number of nitrogens with zero attached hydrogens (tertiary/aromatic N) is 1. The molecule has 0 radical (unpaired) electrons. The van der Waals surface area contributed by atoms with Crippen LogP contribution in [-0.2, 0) is 9.59 Å². The van der Waals surface area contributed by atoms with Crippen molar-refractivity contribution in [3.8, 4) is 0 Å². The lowest BCUT2D eigenvalue weighted by Gasteiger charge is -2.07. The zero-order valence-corrected chi connectivity index (χ0v) is 14.2. The first kappa shape index (κ1) is 16.3. The van der Waals surface area contributed by atoms with E-state index < -0.39 is 0 Å². The molecule has 0 saturated heterocycles. The molecule has 0 bridgehead atoms. The van der Waals surface area contributed by atoms with E-state index >= 15 is 0 Å². The normalized spacial score (nSPS) is 18.3. The van der Waals surface area contributed by atoms with Crippen LogP contribution in [0.2, 0.25) is 0 Å². The molecule has 2 unspecified atom stereocenters. The van der Waals surface area contributed by atoms with E-state index in [1.807, 2.05) is 12.1 Å². The summed E-state index contributed by atoms with van der Waals surface area (Å²) in [5, 5.41) is 7.82. The minimum Gasteiger partial charge on any atom is -0.347 e. The molecule has 2 atom stereocenters. The summed E-state index contributed by atoms with van der Waals surface area (Å²) < 4.78 is 0. The number of carbonyl (C=O) groups excluding carboxylic acids is 2. The second-order valence-corrected chi connectivity index (χ2v) is 6.56. The van der Waals surface area contributed by atoms with Crippen molar-refractivity contribution < 1.29 is 9.59 Å². The van der Waals surface area contributed by atoms with Crippen molar-refractivity contribution in [2.24, 2.45) is 5.92 Å². The number of benzene rings is 2. The van der Waals surface area contributed by atoms with Crippen LogP contribution in [0.1, 0.15) is 17.9 Å². The molecule has 130 valence electrons. The fourth-order valence-corrected chi connectivity index (χ4v) is 3.23. The first-order valence-corrected chi connectivity index (χ1v) is 8.67. The van der Waals surface area contributed by atoms with Gasteiger partial charge in [-0.3, -0.25) is 14.6 Å². The number of anilines is 1. The van der Waals surface area contributed by atoms with E-state index in [1.165, 1.54) is 16.3 Å². The number of hydrogen-bond donors (Lipinski definition) is 2. The van der Waals surface area contributed by atoms with Gasteiger partial charge >= 0.3 is 0 Å². The zero-order valence-electron chi connectivity index (χ0n) is 14.2. The Morgan fingerprint density at radius 1 is 1.04 bits per heavy atom. The predicted octanol–water partition coefficient (Wildman–Crippen LogP) is 3.09. The highest BCUT2D eigenvalue weighted by molar-refractivity contribution is 5.95. The Kier molecular flexibility index (Phi) is 4.35. The van der Waals surface area contributed by atoms with Gasteiger partial charge < -0.3 is 10.6 Å². The van der Waals surface area contributed by atoms with E-state index in [2.05, 4.69) is 45.9 Å². The van der Waals surface area contributed by atoms with E-state index in [0.29, 0.717) is 5.69 Å². The van der Waals surface area contributed by atoms with Crippen LogP contribution in [0.5, 0.6) is 0 Å². The summed E-state index contributed by atoms with van der Waals surface area (Å²) in [5.74, 6) is -0.137. The average Bonchev–Trinajstić information content (AvgIpc) is 3.47. The summed E-state index contributed by atoms with van der Waals surface area (Å²) >= 11 is 0. The molecule has 5 heteroatoms. The minimum absolute atomic E-state index is 0.0331. The highest BCUT2D eigenvalue weighted by Gasteiger charge is 2.43. The van der Waals surface area contributed by atoms with Gasteiger partial charge in [0.2, 0.25) is 11.8 Å². The molecule has 1 fully saturated rings. The van der Waals surface area contributed by atoms with Crippen molar-refractivity contribution in [3.63, 3.8) is 0 Å². The van der Waals surface area contributed by atoms with E-state index in [1.54, 1.807) is 24.5 Å². The van der Waals surface area contributed by atoms with Crippen molar-refractivity contribution in [1.29, 1.82) is 0 Å². The molecule has 1 saturated carbocycles. The van der Waals surface area contributed by atoms with Crippen molar-refractivity contribution in [2.45, 2.75) is 12.3 Å². The maximum Gasteiger partial charge on any atom is 0.243 e. The Morgan fingerprint density at radius 2 is 1.88 bits per heavy atom. The number of carbonyl (C=O) groups is 2. The van der Waals surface area contributed by atoms with E-state index in [0.717, 1.165) is 6.42 Å². The summed E-state index contributed by atoms with van der Waals surface area (Å²) in [6.07, 6.45) is 4.03. The Labute approximate surface area is 151 Å². The van der Waals surface area contributed by atoms with Crippen molar-refractivity contribution in [1.82, 2.24) is 10.3 Å². The van der Waals surface area contributed by atoms with Gasteiger partial charge in [-0.05, 0) is 40.8 Å². The van der Waals surface area contributed by atoms with Gasteiger partial charge in [-0.25, -0.2) is 0 Å². The predicted molar refractivity (Wildman–Crippen MR) is 101 cm³/mol. The van der Waals surface area contributed by atoms with Gasteiger partial charge in [-0.15, -0.1) is 0 Å². The molecule has 5 nitrogen and oxygen atoms in total. The van der Waals surface area contributed by atoms with Gasteiger partial charge in [-0.1, -0.05) is 42.5 Å². The molecule has 0 spiro atoms. The minimum atomic E-state index is -0.255. The Morgan fingerprint density at radius 3 is 2.69 bits per heavy atom. The Bertz CT molecular complexity index is 956. The summed E-state index contributed by atoms with van der Waals surface area (Å²) in [6.45, 7) is -0.0331. The van der Waals surface area contributed by atoms with Crippen LogP contribution in [0.25, 0.3) is 10.8 Å². The number of amides is 2. The van der Waals surface area contributed by atoms with Crippen LogP contribution in [0.15, 0.2) is 67.0 Å². The third-order valence-corrected chi connectivity index (χ3v) is 4.70. The molecular formula is C21H19N3O2. The lowest BCUT2D eigenvalue weighted by molar-refractivity contribution is -0.125. The van der Waals surface area contributed by atoms with Crippen LogP contribution < -0.4 is 10.6 Å². The van der Waals surface area contributed by atoms with Crippen molar-refractivity contribution >= 4 is 28.3 Å². The Hall–Kier alpha value is -3.21. The third kappa shape index (κ3) is 3.57. The van der Waals surface area contributed by atoms with Gasteiger partial charge in [0.15, 0.2) is 0 Å². The van der Waals surface area contributed by atoms with Crippen LogP contribution in [0, 0.1) is 5.92 Å². The monoisotopic (exact) mass is 345 g/mol. The second kappa shape index (κ2) is 6.96. The molecular weight excluding hydrogens is 326 g/mol. The zero-order chi connectivity index (χ0) is 17.9. The first-order chi connectivity index (χ1) is 12.7. The number of hydrogen-bond acceptors (Lipinski definition) is 3. The van der Waals surface area contributed by atoms with Gasteiger partial charge in [0.1, 0.15) is 0 Å². The van der Waals surface area contributed by atoms with Gasteiger partial charge in [0, 0.05) is 12.1 Å². The van der Waals surface area contributed by atoms with E-state index in [-0.39, 0.29) is 30.2 Å². The smallest absolute Gasteiger partial charge is 0.243 e. The van der Waals surface area contributed by atoms with Crippen molar-refractivity contribution in [2.75, 3.05) is 11.9 Å². The highest BCUT2D eigenvalue weighted by Crippen LogP contribution is 2.48. The largest absolute Gasteiger partial charge is 0.347 e. The van der Waals surface area contributed by atoms with Crippen LogP contribution in [-0.4, -0.2) is 23.3 Å². The third-order valence-electron chi connectivity index (χ3n) is 4.70. The second-order valence-electron chi connectivity index (χ2n) is 6.56. The topological polar surface area (TPSA) is 71.1 Å². The highest BCUT2D eigenvalue weighted by atomic mass is 16.2. The SMILES string of the molecule is O=C(CNC(=O)C1CC1c1ccc2ccccc2c1)Nc1cccnc1. The quantitative estimate of drug-likeness (QED) is 0.746. The van der Waals surface area contributed by atoms with E-state index in [4.69, 9.17) is 0 Å². The molecule has 2 N–H and O–H groups in total. The van der Waals surface area contributed by atoms with Gasteiger partial charge in [-0.2, -0.15) is 0 Å². The van der Waals surface area contributed by atoms with Gasteiger partial charge in [0.05, 0.1) is 18.4 Å². The molecule has 1 heterocycles. The number of aromatic nitrogens is 1. The van der Waals surface area contributed by atoms with E-state index in [9.17, 15) is 9.59 Å². The van der Waals surface area contributed by atoms with Crippen LogP contribution >= 0.6 is 0 Å². The summed E-state index contributed by atoms with van der Waals surface area (Å²) in [7, 11) is 0. The lowest BCUT2D eigenvalue weighted by Crippen LogP contribution is -2.34. The molecule has 2 amide bonds. The number of fused-ring (bicyclic) bond motifs is 1. The fraction of sp³-hybridized carbons (Fsp3) is 0.190. The molecule has 3 aromatic rings. The number of pyridine rings is 1. The molecule has 0 aliphatic heterocycles. The summed E-state index contributed by atoms with van der Waals surface area (Å²) in [6, 6.07) is 18.0. The van der Waals surface area contributed by atoms with Gasteiger partial charge in [0.25, 0.3) is 0 Å². The van der Waals surface area contributed by atoms with Crippen molar-refractivity contribution in [3.05, 3.63) is 72.6 Å². The molecule has 4 rings (SSSR count). The maximum absolute atomic E-state index is 12.3. The lowest BCUT2D eigenvalue weighted by atomic mass is 10.0. The summed E-state index contributed by atoms with van der Waals surface area (Å²) in [4.78, 5) is 28.1. The fourth-order valence-electron chi connectivity index (χ4n) is 3.23. The van der Waals surface area contributed by atoms with Crippen LogP contribution in [0.3, 0.4) is 0 Å². The maximum atomic E-state index is 12.3. The average molecular weight is 345 g/mol. The first-order valence-electron chi connectivity index (χ1n) is 8.67.